The molecule has 4 aromatic rings. The van der Waals surface area contributed by atoms with E-state index in [1.165, 1.54) is 4.88 Å². The predicted molar refractivity (Wildman–Crippen MR) is 107 cm³/mol. The fourth-order valence-electron chi connectivity index (χ4n) is 3.10. The predicted octanol–water partition coefficient (Wildman–Crippen LogP) is 4.84. The lowest BCUT2D eigenvalue weighted by Crippen LogP contribution is -2.28. The number of rotatable bonds is 6. The van der Waals surface area contributed by atoms with Crippen molar-refractivity contribution in [2.75, 3.05) is 7.11 Å². The average Bonchev–Trinajstić information content (AvgIpc) is 3.41. The van der Waals surface area contributed by atoms with E-state index in [2.05, 4.69) is 11.4 Å². The number of nitrogens with one attached hydrogen (secondary N) is 1. The molecule has 0 spiro atoms. The first-order chi connectivity index (χ1) is 13.2. The van der Waals surface area contributed by atoms with E-state index in [4.69, 9.17) is 9.15 Å². The van der Waals surface area contributed by atoms with Crippen molar-refractivity contribution in [3.05, 3.63) is 76.4 Å². The molecule has 1 unspecified atom stereocenters. The third-order valence-electron chi connectivity index (χ3n) is 4.49. The summed E-state index contributed by atoms with van der Waals surface area (Å²) in [5.74, 6) is 1.25. The molecule has 1 atom stereocenters. The maximum Gasteiger partial charge on any atom is 0.268 e. The van der Waals surface area contributed by atoms with Gasteiger partial charge < -0.3 is 19.0 Å². The smallest absolute Gasteiger partial charge is 0.268 e. The van der Waals surface area contributed by atoms with Crippen molar-refractivity contribution < 1.29 is 13.9 Å². The molecular weight excluding hydrogens is 360 g/mol. The van der Waals surface area contributed by atoms with Gasteiger partial charge in [0.2, 0.25) is 0 Å². The number of aromatic nitrogens is 1. The number of nitrogens with zero attached hydrogens (tertiary/aromatic N) is 1. The third kappa shape index (κ3) is 3.48. The van der Waals surface area contributed by atoms with Gasteiger partial charge in [0.1, 0.15) is 11.5 Å². The zero-order chi connectivity index (χ0) is 18.8. The van der Waals surface area contributed by atoms with E-state index in [1.54, 1.807) is 18.4 Å². The summed E-state index contributed by atoms with van der Waals surface area (Å²) >= 11 is 1.68. The van der Waals surface area contributed by atoms with Gasteiger partial charge >= 0.3 is 0 Å². The normalized spacial score (nSPS) is 12.2. The Kier molecular flexibility index (Phi) is 4.73. The molecule has 0 aliphatic rings. The van der Waals surface area contributed by atoms with Crippen LogP contribution in [0.15, 0.2) is 64.5 Å². The summed E-state index contributed by atoms with van der Waals surface area (Å²) in [6.45, 7) is 2.60. The number of hydrogen-bond donors (Lipinski definition) is 1. The van der Waals surface area contributed by atoms with Gasteiger partial charge in [-0.2, -0.15) is 0 Å². The molecule has 5 nitrogen and oxygen atoms in total. The fraction of sp³-hybridized carbons (Fsp3) is 0.190. The Bertz CT molecular complexity index is 1060. The molecule has 6 heteroatoms. The quantitative estimate of drug-likeness (QED) is 0.520. The number of fused-ring (bicyclic) bond motifs is 1. The number of furan rings is 1. The molecule has 1 aromatic carbocycles. The van der Waals surface area contributed by atoms with Crippen molar-refractivity contribution in [2.45, 2.75) is 19.5 Å². The maximum atomic E-state index is 12.8. The van der Waals surface area contributed by atoms with Gasteiger partial charge in [-0.3, -0.25) is 4.79 Å². The summed E-state index contributed by atoms with van der Waals surface area (Å²) in [7, 11) is 1.61. The van der Waals surface area contributed by atoms with Crippen LogP contribution in [-0.2, 0) is 6.54 Å². The van der Waals surface area contributed by atoms with Crippen LogP contribution in [0, 0.1) is 0 Å². The molecule has 0 saturated heterocycles. The zero-order valence-electron chi connectivity index (χ0n) is 15.1. The van der Waals surface area contributed by atoms with E-state index < -0.39 is 0 Å². The minimum absolute atomic E-state index is 0.128. The zero-order valence-corrected chi connectivity index (χ0v) is 16.0. The van der Waals surface area contributed by atoms with Gasteiger partial charge in [-0.05, 0) is 42.6 Å². The van der Waals surface area contributed by atoms with Crippen molar-refractivity contribution in [2.24, 2.45) is 0 Å². The number of thiophene rings is 1. The Hall–Kier alpha value is -2.99. The molecule has 0 saturated carbocycles. The summed E-state index contributed by atoms with van der Waals surface area (Å²) in [5, 5.41) is 6.01. The Morgan fingerprint density at radius 3 is 2.93 bits per heavy atom. The van der Waals surface area contributed by atoms with E-state index in [0.29, 0.717) is 29.3 Å². The third-order valence-corrected chi connectivity index (χ3v) is 5.35. The Morgan fingerprint density at radius 1 is 1.26 bits per heavy atom. The van der Waals surface area contributed by atoms with Crippen molar-refractivity contribution in [1.29, 1.82) is 0 Å². The van der Waals surface area contributed by atoms with Crippen LogP contribution in [0.4, 0.5) is 0 Å². The van der Waals surface area contributed by atoms with E-state index in [0.717, 1.165) is 5.39 Å². The number of benzene rings is 1. The highest BCUT2D eigenvalue weighted by Crippen LogP contribution is 2.31. The van der Waals surface area contributed by atoms with Gasteiger partial charge in [-0.15, -0.1) is 11.3 Å². The number of carbonyl (C=O) groups is 1. The van der Waals surface area contributed by atoms with Gasteiger partial charge in [0, 0.05) is 16.5 Å². The molecule has 3 aromatic heterocycles. The van der Waals surface area contributed by atoms with Crippen LogP contribution in [0.3, 0.4) is 0 Å². The molecular formula is C21H20N2O3S. The first kappa shape index (κ1) is 17.4. The molecule has 0 radical (unpaired) electrons. The first-order valence-electron chi connectivity index (χ1n) is 8.70. The lowest BCUT2D eigenvalue weighted by atomic mass is 10.2. The summed E-state index contributed by atoms with van der Waals surface area (Å²) in [6.07, 6.45) is 1.92. The topological polar surface area (TPSA) is 56.4 Å². The average molecular weight is 380 g/mol. The number of ether oxygens (including phenoxy) is 1. The molecule has 0 fully saturated rings. The summed E-state index contributed by atoms with van der Waals surface area (Å²) < 4.78 is 13.2. The van der Waals surface area contributed by atoms with Crippen molar-refractivity contribution in [3.8, 4) is 5.75 Å². The van der Waals surface area contributed by atoms with Crippen LogP contribution >= 0.6 is 11.3 Å². The number of hydrogen-bond acceptors (Lipinski definition) is 4. The van der Waals surface area contributed by atoms with Crippen LogP contribution in [0.5, 0.6) is 5.75 Å². The van der Waals surface area contributed by atoms with Crippen LogP contribution in [0.2, 0.25) is 0 Å². The summed E-state index contributed by atoms with van der Waals surface area (Å²) in [4.78, 5) is 14.0. The van der Waals surface area contributed by atoms with Gasteiger partial charge in [-0.25, -0.2) is 0 Å². The van der Waals surface area contributed by atoms with Gasteiger partial charge in [0.25, 0.3) is 5.91 Å². The minimum atomic E-state index is -0.264. The minimum Gasteiger partial charge on any atom is -0.493 e. The molecule has 27 heavy (non-hydrogen) atoms. The summed E-state index contributed by atoms with van der Waals surface area (Å²) in [5.41, 5.74) is 1.32. The van der Waals surface area contributed by atoms with E-state index in [-0.39, 0.29) is 11.9 Å². The Morgan fingerprint density at radius 2 is 2.15 bits per heavy atom. The van der Waals surface area contributed by atoms with Crippen LogP contribution < -0.4 is 10.1 Å². The number of para-hydroxylation sites is 1. The lowest BCUT2D eigenvalue weighted by Gasteiger charge is -2.13. The lowest BCUT2D eigenvalue weighted by molar-refractivity contribution is 0.0927. The van der Waals surface area contributed by atoms with Crippen LogP contribution in [0.25, 0.3) is 11.0 Å². The Balaban J connectivity index is 1.52. The highest BCUT2D eigenvalue weighted by Gasteiger charge is 2.18. The standard InChI is InChI=1S/C21H20N2O3S/c1-14(19-12-15-6-3-9-18(25-2)20(15)26-19)22-21(24)17-8-4-10-23(17)13-16-7-5-11-27-16/h3-12,14H,13H2,1-2H3,(H,22,24). The monoisotopic (exact) mass is 380 g/mol. The van der Waals surface area contributed by atoms with Crippen molar-refractivity contribution in [3.63, 3.8) is 0 Å². The van der Waals surface area contributed by atoms with Gasteiger partial charge in [0.15, 0.2) is 11.3 Å². The van der Waals surface area contributed by atoms with Gasteiger partial charge in [-0.1, -0.05) is 18.2 Å². The molecule has 3 heterocycles. The number of amides is 1. The maximum absolute atomic E-state index is 12.8. The van der Waals surface area contributed by atoms with E-state index in [1.807, 2.05) is 65.5 Å². The molecule has 0 bridgehead atoms. The number of carbonyl (C=O) groups excluding carboxylic acids is 1. The number of methoxy groups -OCH3 is 1. The van der Waals surface area contributed by atoms with Gasteiger partial charge in [0.05, 0.1) is 19.7 Å². The van der Waals surface area contributed by atoms with Crippen LogP contribution in [-0.4, -0.2) is 17.6 Å². The molecule has 138 valence electrons. The van der Waals surface area contributed by atoms with Crippen molar-refractivity contribution in [1.82, 2.24) is 9.88 Å². The summed E-state index contributed by atoms with van der Waals surface area (Å²) in [6, 6.07) is 15.2. The molecule has 1 amide bonds. The molecule has 4 rings (SSSR count). The first-order valence-corrected chi connectivity index (χ1v) is 9.58. The molecule has 0 aliphatic heterocycles. The van der Waals surface area contributed by atoms with E-state index in [9.17, 15) is 4.79 Å². The SMILES string of the molecule is COc1cccc2cc(C(C)NC(=O)c3cccn3Cc3cccs3)oc12. The Labute approximate surface area is 161 Å². The second-order valence-corrected chi connectivity index (χ2v) is 7.36. The van der Waals surface area contributed by atoms with E-state index >= 15 is 0 Å². The highest BCUT2D eigenvalue weighted by molar-refractivity contribution is 7.09. The highest BCUT2D eigenvalue weighted by atomic mass is 32.1. The second-order valence-electron chi connectivity index (χ2n) is 6.32. The fourth-order valence-corrected chi connectivity index (χ4v) is 3.80. The van der Waals surface area contributed by atoms with Crippen molar-refractivity contribution >= 4 is 28.2 Å². The second kappa shape index (κ2) is 7.32. The molecule has 0 aliphatic carbocycles. The van der Waals surface area contributed by atoms with Crippen LogP contribution in [0.1, 0.15) is 34.1 Å². The largest absolute Gasteiger partial charge is 0.493 e. The molecule has 1 N–H and O–H groups in total.